The van der Waals surface area contributed by atoms with Gasteiger partial charge in [-0.25, -0.2) is 9.38 Å². The molecule has 0 saturated carbocycles. The van der Waals surface area contributed by atoms with Crippen molar-refractivity contribution in [2.45, 2.75) is 33.2 Å². The molecule has 0 spiro atoms. The molecule has 1 aromatic heterocycles. The molecule has 0 fully saturated rings. The molecule has 0 saturated heterocycles. The van der Waals surface area contributed by atoms with Crippen molar-refractivity contribution >= 4 is 5.96 Å². The van der Waals surface area contributed by atoms with Crippen molar-refractivity contribution in [3.63, 3.8) is 0 Å². The van der Waals surface area contributed by atoms with E-state index in [2.05, 4.69) is 20.6 Å². The first-order chi connectivity index (χ1) is 13.7. The topological polar surface area (TPSA) is 67.8 Å². The van der Waals surface area contributed by atoms with Crippen molar-refractivity contribution in [3.8, 4) is 11.5 Å². The fourth-order valence-corrected chi connectivity index (χ4v) is 2.45. The molecule has 0 unspecified atom stereocenters. The lowest BCUT2D eigenvalue weighted by Gasteiger charge is -2.11. The molecule has 2 rings (SSSR count). The third-order valence-corrected chi connectivity index (χ3v) is 3.83. The fraction of sp³-hybridized carbons (Fsp3) is 0.429. The number of aliphatic imine (C=N–C) groups is 1. The van der Waals surface area contributed by atoms with Crippen LogP contribution in [0.4, 0.5) is 4.39 Å². The van der Waals surface area contributed by atoms with E-state index in [1.165, 1.54) is 6.07 Å². The van der Waals surface area contributed by atoms with Gasteiger partial charge in [0, 0.05) is 32.5 Å². The molecular weight excluding hydrogens is 359 g/mol. The van der Waals surface area contributed by atoms with Gasteiger partial charge in [0.05, 0.1) is 12.7 Å². The Labute approximate surface area is 166 Å². The second-order valence-electron chi connectivity index (χ2n) is 6.08. The van der Waals surface area contributed by atoms with Gasteiger partial charge in [-0.15, -0.1) is 0 Å². The summed E-state index contributed by atoms with van der Waals surface area (Å²) in [6.07, 6.45) is 5.18. The number of pyridine rings is 1. The molecule has 0 amide bonds. The molecule has 1 heterocycles. The summed E-state index contributed by atoms with van der Waals surface area (Å²) in [6.45, 7) is 7.48. The Hall–Kier alpha value is -2.67. The van der Waals surface area contributed by atoms with Crippen molar-refractivity contribution < 1.29 is 13.9 Å². The summed E-state index contributed by atoms with van der Waals surface area (Å²) >= 11 is 0. The standard InChI is InChI=1S/C21H29FN4O2/c1-3-24-21(25-12-5-6-13-27-4-2)26-15-17-9-10-20(19(22)14-17)28-18-8-7-11-23-16-18/h7-11,14,16H,3-6,12-13,15H2,1-2H3,(H2,24,25,26). The molecule has 2 N–H and O–H groups in total. The maximum Gasteiger partial charge on any atom is 0.191 e. The Morgan fingerprint density at radius 1 is 1.18 bits per heavy atom. The molecule has 0 atom stereocenters. The first-order valence-corrected chi connectivity index (χ1v) is 9.69. The van der Waals surface area contributed by atoms with Crippen LogP contribution in [0.5, 0.6) is 11.5 Å². The Morgan fingerprint density at radius 2 is 2.07 bits per heavy atom. The summed E-state index contributed by atoms with van der Waals surface area (Å²) in [5.74, 6) is 0.954. The summed E-state index contributed by atoms with van der Waals surface area (Å²) < 4.78 is 25.2. The van der Waals surface area contributed by atoms with Crippen LogP contribution in [0.1, 0.15) is 32.3 Å². The summed E-state index contributed by atoms with van der Waals surface area (Å²) in [4.78, 5) is 8.47. The van der Waals surface area contributed by atoms with E-state index in [-0.39, 0.29) is 5.75 Å². The normalized spacial score (nSPS) is 11.3. The minimum Gasteiger partial charge on any atom is -0.453 e. The number of hydrogen-bond donors (Lipinski definition) is 2. The van der Waals surface area contributed by atoms with Gasteiger partial charge in [-0.2, -0.15) is 0 Å². The third kappa shape index (κ3) is 7.92. The number of rotatable bonds is 11. The van der Waals surface area contributed by atoms with Gasteiger partial charge in [0.15, 0.2) is 17.5 Å². The molecule has 0 bridgehead atoms. The maximum absolute atomic E-state index is 14.3. The first-order valence-electron chi connectivity index (χ1n) is 9.69. The summed E-state index contributed by atoms with van der Waals surface area (Å²) in [6, 6.07) is 8.34. The van der Waals surface area contributed by atoms with Gasteiger partial charge in [0.2, 0.25) is 0 Å². The van der Waals surface area contributed by atoms with E-state index < -0.39 is 5.82 Å². The van der Waals surface area contributed by atoms with Crippen molar-refractivity contribution in [2.75, 3.05) is 26.3 Å². The van der Waals surface area contributed by atoms with E-state index in [4.69, 9.17) is 9.47 Å². The van der Waals surface area contributed by atoms with E-state index in [0.717, 1.165) is 50.7 Å². The highest BCUT2D eigenvalue weighted by atomic mass is 19.1. The Morgan fingerprint density at radius 3 is 2.79 bits per heavy atom. The number of unbranched alkanes of at least 4 members (excludes halogenated alkanes) is 1. The minimum absolute atomic E-state index is 0.167. The average Bonchev–Trinajstić information content (AvgIpc) is 2.71. The molecule has 0 radical (unpaired) electrons. The van der Waals surface area contributed by atoms with Crippen LogP contribution in [0.15, 0.2) is 47.7 Å². The van der Waals surface area contributed by atoms with Crippen LogP contribution in [0.2, 0.25) is 0 Å². The molecule has 7 heteroatoms. The molecule has 0 aliphatic heterocycles. The number of nitrogens with one attached hydrogen (secondary N) is 2. The molecule has 0 aliphatic carbocycles. The smallest absolute Gasteiger partial charge is 0.191 e. The molecule has 28 heavy (non-hydrogen) atoms. The molecule has 0 aliphatic rings. The van der Waals surface area contributed by atoms with Gasteiger partial charge in [0.25, 0.3) is 0 Å². The van der Waals surface area contributed by atoms with E-state index in [9.17, 15) is 4.39 Å². The Kier molecular flexibility index (Phi) is 9.79. The quantitative estimate of drug-likeness (QED) is 0.347. The highest BCUT2D eigenvalue weighted by Gasteiger charge is 2.06. The largest absolute Gasteiger partial charge is 0.453 e. The van der Waals surface area contributed by atoms with Crippen LogP contribution >= 0.6 is 0 Å². The van der Waals surface area contributed by atoms with Crippen LogP contribution in [0, 0.1) is 5.82 Å². The van der Waals surface area contributed by atoms with Gasteiger partial charge < -0.3 is 20.1 Å². The first kappa shape index (κ1) is 21.6. The van der Waals surface area contributed by atoms with Crippen molar-refractivity contribution in [1.29, 1.82) is 0 Å². The Bertz CT molecular complexity index is 726. The number of nitrogens with zero attached hydrogens (tertiary/aromatic N) is 2. The number of benzene rings is 1. The van der Waals surface area contributed by atoms with Gasteiger partial charge >= 0.3 is 0 Å². The maximum atomic E-state index is 14.3. The number of hydrogen-bond acceptors (Lipinski definition) is 4. The predicted molar refractivity (Wildman–Crippen MR) is 109 cm³/mol. The molecular formula is C21H29FN4O2. The van der Waals surface area contributed by atoms with E-state index >= 15 is 0 Å². The molecule has 6 nitrogen and oxygen atoms in total. The van der Waals surface area contributed by atoms with Crippen LogP contribution < -0.4 is 15.4 Å². The summed E-state index contributed by atoms with van der Waals surface area (Å²) in [7, 11) is 0. The summed E-state index contributed by atoms with van der Waals surface area (Å²) in [5, 5.41) is 6.48. The van der Waals surface area contributed by atoms with Gasteiger partial charge in [-0.3, -0.25) is 4.98 Å². The zero-order valence-corrected chi connectivity index (χ0v) is 16.6. The highest BCUT2D eigenvalue weighted by Crippen LogP contribution is 2.24. The fourth-order valence-electron chi connectivity index (χ4n) is 2.45. The van der Waals surface area contributed by atoms with Crippen LogP contribution in [0.3, 0.4) is 0 Å². The van der Waals surface area contributed by atoms with E-state index in [0.29, 0.717) is 12.3 Å². The van der Waals surface area contributed by atoms with E-state index in [1.807, 2.05) is 19.9 Å². The number of halogens is 1. The van der Waals surface area contributed by atoms with Gasteiger partial charge in [-0.05, 0) is 56.5 Å². The second kappa shape index (κ2) is 12.7. The third-order valence-electron chi connectivity index (χ3n) is 3.83. The second-order valence-corrected chi connectivity index (χ2v) is 6.08. The lowest BCUT2D eigenvalue weighted by molar-refractivity contribution is 0.143. The lowest BCUT2D eigenvalue weighted by atomic mass is 10.2. The van der Waals surface area contributed by atoms with Crippen LogP contribution in [-0.4, -0.2) is 37.2 Å². The predicted octanol–water partition coefficient (Wildman–Crippen LogP) is 3.88. The molecule has 2 aromatic rings. The average molecular weight is 388 g/mol. The number of guanidine groups is 1. The van der Waals surface area contributed by atoms with Crippen LogP contribution in [0.25, 0.3) is 0 Å². The van der Waals surface area contributed by atoms with Crippen molar-refractivity contribution in [3.05, 3.63) is 54.1 Å². The van der Waals surface area contributed by atoms with E-state index in [1.54, 1.807) is 30.6 Å². The monoisotopic (exact) mass is 388 g/mol. The minimum atomic E-state index is -0.426. The molecule has 152 valence electrons. The molecule has 1 aromatic carbocycles. The lowest BCUT2D eigenvalue weighted by Crippen LogP contribution is -2.37. The van der Waals surface area contributed by atoms with Crippen LogP contribution in [-0.2, 0) is 11.3 Å². The zero-order valence-electron chi connectivity index (χ0n) is 16.6. The number of aromatic nitrogens is 1. The number of ether oxygens (including phenoxy) is 2. The summed E-state index contributed by atoms with van der Waals surface area (Å²) in [5.41, 5.74) is 0.768. The van der Waals surface area contributed by atoms with Gasteiger partial charge in [0.1, 0.15) is 5.75 Å². The zero-order chi connectivity index (χ0) is 20.0. The highest BCUT2D eigenvalue weighted by molar-refractivity contribution is 5.79. The van der Waals surface area contributed by atoms with Gasteiger partial charge in [-0.1, -0.05) is 6.07 Å². The Balaban J connectivity index is 1.88. The SMILES string of the molecule is CCNC(=NCc1ccc(Oc2cccnc2)c(F)c1)NCCCCOCC. The van der Waals surface area contributed by atoms with Crippen molar-refractivity contribution in [2.24, 2.45) is 4.99 Å². The van der Waals surface area contributed by atoms with Crippen molar-refractivity contribution in [1.82, 2.24) is 15.6 Å².